The molecule has 0 aromatic carbocycles. The Morgan fingerprint density at radius 2 is 2.23 bits per heavy atom. The van der Waals surface area contributed by atoms with Gasteiger partial charge in [-0.1, -0.05) is 12.7 Å². The summed E-state index contributed by atoms with van der Waals surface area (Å²) in [6, 6.07) is 0. The topological polar surface area (TPSA) is 64.7 Å². The molecule has 0 rings (SSSR count). The Balaban J connectivity index is 5.10. The minimum Gasteiger partial charge on any atom is -0.464 e. The van der Waals surface area contributed by atoms with Crippen molar-refractivity contribution in [3.05, 3.63) is 22.8 Å². The standard InChI is InChI=1S/C8H11BrN2O2/c1-4-6(9)7(8(12)13-3)11-5(2)10/h4H,1H2,2-3H3,(H2,10,11)/b7-6+. The van der Waals surface area contributed by atoms with E-state index >= 15 is 0 Å². The molecular formula is C8H11BrN2O2. The second-order valence-electron chi connectivity index (χ2n) is 2.15. The number of nitrogens with zero attached hydrogens (tertiary/aromatic N) is 1. The molecule has 0 aromatic rings. The molecule has 5 heteroatoms. The van der Waals surface area contributed by atoms with Gasteiger partial charge in [0.25, 0.3) is 0 Å². The molecule has 0 spiro atoms. The summed E-state index contributed by atoms with van der Waals surface area (Å²) in [5.74, 6) is -0.282. The molecule has 0 radical (unpaired) electrons. The highest BCUT2D eigenvalue weighted by Gasteiger charge is 2.11. The van der Waals surface area contributed by atoms with Crippen LogP contribution in [-0.2, 0) is 9.53 Å². The maximum absolute atomic E-state index is 11.1. The maximum Gasteiger partial charge on any atom is 0.357 e. The van der Waals surface area contributed by atoms with Crippen LogP contribution in [0.15, 0.2) is 27.8 Å². The van der Waals surface area contributed by atoms with Gasteiger partial charge in [0.15, 0.2) is 5.70 Å². The zero-order valence-corrected chi connectivity index (χ0v) is 9.09. The third-order valence-corrected chi connectivity index (χ3v) is 1.77. The molecule has 0 aliphatic carbocycles. The molecule has 0 aliphatic heterocycles. The highest BCUT2D eigenvalue weighted by molar-refractivity contribution is 9.11. The first-order chi connectivity index (χ1) is 6.02. The quantitative estimate of drug-likeness (QED) is 0.269. The van der Waals surface area contributed by atoms with Gasteiger partial charge in [0.05, 0.1) is 17.4 Å². The minimum absolute atomic E-state index is 0.109. The lowest BCUT2D eigenvalue weighted by molar-refractivity contribution is -0.136. The molecule has 0 aromatic heterocycles. The number of ether oxygens (including phenoxy) is 1. The van der Waals surface area contributed by atoms with E-state index in [9.17, 15) is 4.79 Å². The number of hydrogen-bond acceptors (Lipinski definition) is 3. The summed E-state index contributed by atoms with van der Waals surface area (Å²) in [5.41, 5.74) is 5.44. The molecule has 0 bridgehead atoms. The van der Waals surface area contributed by atoms with E-state index in [0.29, 0.717) is 4.48 Å². The highest BCUT2D eigenvalue weighted by atomic mass is 79.9. The van der Waals surface area contributed by atoms with Crippen molar-refractivity contribution < 1.29 is 9.53 Å². The number of carbonyl (C=O) groups excluding carboxylic acids is 1. The fourth-order valence-electron chi connectivity index (χ4n) is 0.566. The number of amidine groups is 1. The van der Waals surface area contributed by atoms with Crippen LogP contribution in [0.5, 0.6) is 0 Å². The number of allylic oxidation sites excluding steroid dienone is 2. The summed E-state index contributed by atoms with van der Waals surface area (Å²) < 4.78 is 4.95. The van der Waals surface area contributed by atoms with Crippen LogP contribution in [-0.4, -0.2) is 18.9 Å². The molecule has 0 aliphatic rings. The van der Waals surface area contributed by atoms with E-state index in [2.05, 4.69) is 32.2 Å². The third-order valence-electron chi connectivity index (χ3n) is 1.07. The predicted octanol–water partition coefficient (Wildman–Crippen LogP) is 1.33. The van der Waals surface area contributed by atoms with Gasteiger partial charge in [0.1, 0.15) is 0 Å². The van der Waals surface area contributed by atoms with Crippen molar-refractivity contribution in [3.8, 4) is 0 Å². The first-order valence-corrected chi connectivity index (χ1v) is 4.23. The van der Waals surface area contributed by atoms with Crippen molar-refractivity contribution in [2.24, 2.45) is 10.7 Å². The van der Waals surface area contributed by atoms with E-state index in [4.69, 9.17) is 5.73 Å². The van der Waals surface area contributed by atoms with Crippen LogP contribution in [0.3, 0.4) is 0 Å². The van der Waals surface area contributed by atoms with Gasteiger partial charge in [0, 0.05) is 0 Å². The Labute approximate surface area is 85.3 Å². The Morgan fingerprint density at radius 3 is 2.54 bits per heavy atom. The van der Waals surface area contributed by atoms with Crippen LogP contribution in [0.4, 0.5) is 0 Å². The Morgan fingerprint density at radius 1 is 1.69 bits per heavy atom. The van der Waals surface area contributed by atoms with Gasteiger partial charge in [-0.05, 0) is 22.9 Å². The summed E-state index contributed by atoms with van der Waals surface area (Å²) in [7, 11) is 1.27. The lowest BCUT2D eigenvalue weighted by Gasteiger charge is -2.01. The Hall–Kier alpha value is -1.10. The number of halogens is 1. The molecular weight excluding hydrogens is 236 g/mol. The summed E-state index contributed by atoms with van der Waals surface area (Å²) >= 11 is 3.11. The van der Waals surface area contributed by atoms with Gasteiger partial charge < -0.3 is 10.5 Å². The summed E-state index contributed by atoms with van der Waals surface area (Å²) in [4.78, 5) is 14.9. The average Bonchev–Trinajstić information content (AvgIpc) is 2.11. The minimum atomic E-state index is -0.559. The Kier molecular flexibility index (Phi) is 5.06. The molecule has 0 unspecified atom stereocenters. The number of methoxy groups -OCH3 is 1. The number of rotatable bonds is 3. The van der Waals surface area contributed by atoms with Gasteiger partial charge in [-0.25, -0.2) is 9.79 Å². The van der Waals surface area contributed by atoms with Crippen molar-refractivity contribution in [1.29, 1.82) is 0 Å². The van der Waals surface area contributed by atoms with Crippen molar-refractivity contribution in [2.75, 3.05) is 7.11 Å². The molecule has 0 heterocycles. The molecule has 0 fully saturated rings. The van der Waals surface area contributed by atoms with Gasteiger partial charge in [0.2, 0.25) is 0 Å². The molecule has 0 amide bonds. The zero-order valence-electron chi connectivity index (χ0n) is 7.50. The number of aliphatic imine (C=N–C) groups is 1. The van der Waals surface area contributed by atoms with E-state index in [0.717, 1.165) is 0 Å². The highest BCUT2D eigenvalue weighted by Crippen LogP contribution is 2.15. The van der Waals surface area contributed by atoms with Gasteiger partial charge >= 0.3 is 5.97 Å². The van der Waals surface area contributed by atoms with Crippen LogP contribution >= 0.6 is 15.9 Å². The zero-order chi connectivity index (χ0) is 10.4. The first-order valence-electron chi connectivity index (χ1n) is 3.44. The average molecular weight is 247 g/mol. The molecule has 0 saturated carbocycles. The van der Waals surface area contributed by atoms with Crippen LogP contribution in [0.2, 0.25) is 0 Å². The van der Waals surface area contributed by atoms with E-state index in [1.165, 1.54) is 13.2 Å². The Bertz CT molecular complexity index is 278. The van der Waals surface area contributed by atoms with Crippen LogP contribution in [0.25, 0.3) is 0 Å². The van der Waals surface area contributed by atoms with Crippen molar-refractivity contribution in [3.63, 3.8) is 0 Å². The van der Waals surface area contributed by atoms with Gasteiger partial charge in [-0.15, -0.1) is 0 Å². The smallest absolute Gasteiger partial charge is 0.357 e. The van der Waals surface area contributed by atoms with Gasteiger partial charge in [-0.2, -0.15) is 0 Å². The van der Waals surface area contributed by atoms with Crippen molar-refractivity contribution in [1.82, 2.24) is 0 Å². The second-order valence-corrected chi connectivity index (χ2v) is 3.00. The molecule has 4 nitrogen and oxygen atoms in total. The van der Waals surface area contributed by atoms with E-state index in [-0.39, 0.29) is 11.5 Å². The lowest BCUT2D eigenvalue weighted by Crippen LogP contribution is -2.11. The monoisotopic (exact) mass is 246 g/mol. The number of carbonyl (C=O) groups is 1. The van der Waals surface area contributed by atoms with E-state index in [1.54, 1.807) is 6.92 Å². The normalized spacial score (nSPS) is 13.3. The molecule has 13 heavy (non-hydrogen) atoms. The number of esters is 1. The SMILES string of the molecule is C=C/C(Br)=C(\N=C(/C)N)C(=O)OC. The molecule has 2 N–H and O–H groups in total. The molecule has 0 saturated heterocycles. The number of nitrogens with two attached hydrogens (primary N) is 1. The van der Waals surface area contributed by atoms with Crippen molar-refractivity contribution >= 4 is 27.7 Å². The first kappa shape index (κ1) is 11.9. The number of hydrogen-bond donors (Lipinski definition) is 1. The maximum atomic E-state index is 11.1. The second kappa shape index (κ2) is 5.53. The lowest BCUT2D eigenvalue weighted by atomic mass is 10.4. The molecule has 72 valence electrons. The van der Waals surface area contributed by atoms with E-state index in [1.807, 2.05) is 0 Å². The summed E-state index contributed by atoms with van der Waals surface area (Å²) in [5, 5.41) is 0. The molecule has 0 atom stereocenters. The van der Waals surface area contributed by atoms with Crippen molar-refractivity contribution in [2.45, 2.75) is 6.92 Å². The summed E-state index contributed by atoms with van der Waals surface area (Å²) in [6.07, 6.45) is 1.44. The summed E-state index contributed by atoms with van der Waals surface area (Å²) in [6.45, 7) is 5.06. The van der Waals surface area contributed by atoms with E-state index < -0.39 is 5.97 Å². The third kappa shape index (κ3) is 3.89. The van der Waals surface area contributed by atoms with Crippen LogP contribution in [0.1, 0.15) is 6.92 Å². The van der Waals surface area contributed by atoms with Crippen LogP contribution in [0, 0.1) is 0 Å². The fourth-order valence-corrected chi connectivity index (χ4v) is 0.817. The predicted molar refractivity (Wildman–Crippen MR) is 55.5 cm³/mol. The largest absolute Gasteiger partial charge is 0.464 e. The van der Waals surface area contributed by atoms with Gasteiger partial charge in [-0.3, -0.25) is 0 Å². The fraction of sp³-hybridized carbons (Fsp3) is 0.250. The van der Waals surface area contributed by atoms with Crippen LogP contribution < -0.4 is 5.73 Å².